The van der Waals surface area contributed by atoms with Gasteiger partial charge in [0.05, 0.1) is 11.1 Å². The highest BCUT2D eigenvalue weighted by Crippen LogP contribution is 2.52. The molecule has 2 heteroatoms. The van der Waals surface area contributed by atoms with Crippen molar-refractivity contribution in [3.05, 3.63) is 41.6 Å². The van der Waals surface area contributed by atoms with Crippen molar-refractivity contribution in [3.8, 4) is 0 Å². The molecule has 1 aromatic heterocycles. The molecule has 3 rings (SSSR count). The molecule has 1 saturated carbocycles. The maximum absolute atomic E-state index is 11.1. The van der Waals surface area contributed by atoms with E-state index in [0.717, 1.165) is 41.4 Å². The maximum atomic E-state index is 11.1. The molecule has 1 atom stereocenters. The highest BCUT2D eigenvalue weighted by molar-refractivity contribution is 5.79. The summed E-state index contributed by atoms with van der Waals surface area (Å²) in [4.78, 5) is 4.52. The lowest BCUT2D eigenvalue weighted by molar-refractivity contribution is -0.0484. The van der Waals surface area contributed by atoms with Gasteiger partial charge in [0.15, 0.2) is 0 Å². The second-order valence-corrected chi connectivity index (χ2v) is 6.46. The van der Waals surface area contributed by atoms with E-state index in [2.05, 4.69) is 31.0 Å². The van der Waals surface area contributed by atoms with Gasteiger partial charge >= 0.3 is 0 Å². The summed E-state index contributed by atoms with van der Waals surface area (Å²) >= 11 is 0. The van der Waals surface area contributed by atoms with Gasteiger partial charge in [-0.25, -0.2) is 0 Å². The third kappa shape index (κ3) is 1.86. The minimum Gasteiger partial charge on any atom is -0.385 e. The number of benzene rings is 1. The SMILES string of the molecule is Cc1ccc2cc(C3(O)CCCC3(C)C)ccc2n1. The fourth-order valence-corrected chi connectivity index (χ4v) is 3.35. The number of hydrogen-bond acceptors (Lipinski definition) is 2. The number of aryl methyl sites for hydroxylation is 1. The van der Waals surface area contributed by atoms with E-state index >= 15 is 0 Å². The number of rotatable bonds is 1. The van der Waals surface area contributed by atoms with E-state index in [1.807, 2.05) is 25.1 Å². The third-order valence-electron chi connectivity index (χ3n) is 4.77. The Balaban J connectivity index is 2.13. The van der Waals surface area contributed by atoms with Crippen LogP contribution in [0.2, 0.25) is 0 Å². The molecule has 0 spiro atoms. The Morgan fingerprint density at radius 2 is 1.89 bits per heavy atom. The number of aliphatic hydroxyl groups is 1. The maximum Gasteiger partial charge on any atom is 0.0947 e. The zero-order valence-corrected chi connectivity index (χ0v) is 11.9. The number of fused-ring (bicyclic) bond motifs is 1. The molecule has 0 radical (unpaired) electrons. The summed E-state index contributed by atoms with van der Waals surface area (Å²) < 4.78 is 0. The molecule has 100 valence electrons. The largest absolute Gasteiger partial charge is 0.385 e. The molecule has 1 heterocycles. The molecule has 1 aliphatic rings. The molecule has 0 aliphatic heterocycles. The van der Waals surface area contributed by atoms with E-state index < -0.39 is 5.60 Å². The van der Waals surface area contributed by atoms with Crippen molar-refractivity contribution in [2.24, 2.45) is 5.41 Å². The van der Waals surface area contributed by atoms with E-state index in [4.69, 9.17) is 0 Å². The van der Waals surface area contributed by atoms with E-state index in [0.29, 0.717) is 0 Å². The summed E-state index contributed by atoms with van der Waals surface area (Å²) in [5.41, 5.74) is 2.31. The van der Waals surface area contributed by atoms with Gasteiger partial charge < -0.3 is 5.11 Å². The second-order valence-electron chi connectivity index (χ2n) is 6.46. The molecule has 2 nitrogen and oxygen atoms in total. The second kappa shape index (κ2) is 4.04. The highest BCUT2D eigenvalue weighted by atomic mass is 16.3. The van der Waals surface area contributed by atoms with Crippen molar-refractivity contribution in [2.75, 3.05) is 0 Å². The summed E-state index contributed by atoms with van der Waals surface area (Å²) in [6, 6.07) is 10.3. The van der Waals surface area contributed by atoms with E-state index in [-0.39, 0.29) is 5.41 Å². The van der Waals surface area contributed by atoms with Gasteiger partial charge in [0.2, 0.25) is 0 Å². The number of hydrogen-bond donors (Lipinski definition) is 1. The lowest BCUT2D eigenvalue weighted by Gasteiger charge is -2.37. The summed E-state index contributed by atoms with van der Waals surface area (Å²) in [6.07, 6.45) is 3.02. The Morgan fingerprint density at radius 3 is 2.58 bits per heavy atom. The highest BCUT2D eigenvalue weighted by Gasteiger charge is 2.48. The van der Waals surface area contributed by atoms with Crippen LogP contribution in [0.1, 0.15) is 44.4 Å². The quantitative estimate of drug-likeness (QED) is 0.837. The predicted molar refractivity (Wildman–Crippen MR) is 78.0 cm³/mol. The molecular formula is C17H21NO. The first-order valence-electron chi connectivity index (χ1n) is 7.03. The Hall–Kier alpha value is -1.41. The molecule has 0 amide bonds. The zero-order valence-electron chi connectivity index (χ0n) is 11.9. The van der Waals surface area contributed by atoms with Gasteiger partial charge in [-0.3, -0.25) is 4.98 Å². The van der Waals surface area contributed by atoms with Crippen molar-refractivity contribution in [2.45, 2.75) is 45.6 Å². The van der Waals surface area contributed by atoms with Crippen LogP contribution >= 0.6 is 0 Å². The van der Waals surface area contributed by atoms with Crippen LogP contribution in [0.15, 0.2) is 30.3 Å². The standard InChI is InChI=1S/C17H21NO/c1-12-5-6-13-11-14(7-8-15(13)18-12)17(19)10-4-9-16(17,2)3/h5-8,11,19H,4,9-10H2,1-3H3. The zero-order chi connectivity index (χ0) is 13.7. The van der Waals surface area contributed by atoms with Crippen molar-refractivity contribution in [1.29, 1.82) is 0 Å². The van der Waals surface area contributed by atoms with E-state index in [9.17, 15) is 5.11 Å². The van der Waals surface area contributed by atoms with Crippen LogP contribution in [0.3, 0.4) is 0 Å². The number of nitrogens with zero attached hydrogens (tertiary/aromatic N) is 1. The summed E-state index contributed by atoms with van der Waals surface area (Å²) in [5.74, 6) is 0. The van der Waals surface area contributed by atoms with E-state index in [1.54, 1.807) is 0 Å². The van der Waals surface area contributed by atoms with Crippen LogP contribution in [0.5, 0.6) is 0 Å². The topological polar surface area (TPSA) is 33.1 Å². The molecule has 1 N–H and O–H groups in total. The van der Waals surface area contributed by atoms with Crippen LogP contribution in [0.4, 0.5) is 0 Å². The molecule has 2 aromatic rings. The van der Waals surface area contributed by atoms with Crippen molar-refractivity contribution < 1.29 is 5.11 Å². The third-order valence-corrected chi connectivity index (χ3v) is 4.77. The number of pyridine rings is 1. The molecule has 1 fully saturated rings. The van der Waals surface area contributed by atoms with Crippen molar-refractivity contribution in [1.82, 2.24) is 4.98 Å². The van der Waals surface area contributed by atoms with Gasteiger partial charge in [-0.15, -0.1) is 0 Å². The lowest BCUT2D eigenvalue weighted by atomic mass is 9.73. The Morgan fingerprint density at radius 1 is 1.11 bits per heavy atom. The van der Waals surface area contributed by atoms with Crippen LogP contribution in [0, 0.1) is 12.3 Å². The first-order chi connectivity index (χ1) is 8.92. The minimum atomic E-state index is -0.702. The molecule has 1 aromatic carbocycles. The summed E-state index contributed by atoms with van der Waals surface area (Å²) in [7, 11) is 0. The fourth-order valence-electron chi connectivity index (χ4n) is 3.35. The molecule has 0 saturated heterocycles. The Bertz CT molecular complexity index is 632. The van der Waals surface area contributed by atoms with E-state index in [1.165, 1.54) is 0 Å². The molecule has 1 unspecified atom stereocenters. The van der Waals surface area contributed by atoms with Crippen LogP contribution in [-0.4, -0.2) is 10.1 Å². The van der Waals surface area contributed by atoms with Gasteiger partial charge in [-0.1, -0.05) is 26.0 Å². The predicted octanol–water partition coefficient (Wildman–Crippen LogP) is 3.94. The Kier molecular flexibility index (Phi) is 2.68. The molecule has 0 bridgehead atoms. The van der Waals surface area contributed by atoms with Gasteiger partial charge in [0.1, 0.15) is 0 Å². The molecule has 1 aliphatic carbocycles. The normalized spacial score (nSPS) is 25.9. The lowest BCUT2D eigenvalue weighted by Crippen LogP contribution is -2.36. The van der Waals surface area contributed by atoms with Gasteiger partial charge in [-0.2, -0.15) is 0 Å². The molecule has 19 heavy (non-hydrogen) atoms. The summed E-state index contributed by atoms with van der Waals surface area (Å²) in [5, 5.41) is 12.2. The van der Waals surface area contributed by atoms with Gasteiger partial charge in [0, 0.05) is 11.1 Å². The van der Waals surface area contributed by atoms with Crippen LogP contribution < -0.4 is 0 Å². The number of aromatic nitrogens is 1. The van der Waals surface area contributed by atoms with Crippen LogP contribution in [0.25, 0.3) is 10.9 Å². The van der Waals surface area contributed by atoms with Crippen LogP contribution in [-0.2, 0) is 5.60 Å². The first kappa shape index (κ1) is 12.6. The average molecular weight is 255 g/mol. The van der Waals surface area contributed by atoms with Crippen molar-refractivity contribution >= 4 is 10.9 Å². The van der Waals surface area contributed by atoms with Gasteiger partial charge in [-0.05, 0) is 55.4 Å². The summed E-state index contributed by atoms with van der Waals surface area (Å²) in [6.45, 7) is 6.33. The average Bonchev–Trinajstić information content (AvgIpc) is 2.64. The fraction of sp³-hybridized carbons (Fsp3) is 0.471. The molecular weight excluding hydrogens is 234 g/mol. The minimum absolute atomic E-state index is 0.0567. The van der Waals surface area contributed by atoms with Crippen molar-refractivity contribution in [3.63, 3.8) is 0 Å². The Labute approximate surface area is 114 Å². The smallest absolute Gasteiger partial charge is 0.0947 e. The monoisotopic (exact) mass is 255 g/mol. The first-order valence-corrected chi connectivity index (χ1v) is 7.03. The van der Waals surface area contributed by atoms with Gasteiger partial charge in [0.25, 0.3) is 0 Å².